The molecular formula is C20H21ClO5. The number of benzene rings is 2. The summed E-state index contributed by atoms with van der Waals surface area (Å²) in [7, 11) is 0. The molecule has 2 aromatic carbocycles. The number of carbonyl (C=O) groups is 2. The quantitative estimate of drug-likeness (QED) is 0.390. The third kappa shape index (κ3) is 5.58. The maximum atomic E-state index is 12.4. The van der Waals surface area contributed by atoms with E-state index in [4.69, 9.17) is 25.8 Å². The van der Waals surface area contributed by atoms with Gasteiger partial charge in [0.1, 0.15) is 18.1 Å². The standard InChI is InChI=1S/C20H21ClO5/c1-4-24-13-18(22)14-5-9-16(10-6-14)25-19(23)20(2,3)26-17-11-7-15(21)8-12-17/h5-12H,4,13H2,1-3H3. The zero-order valence-corrected chi connectivity index (χ0v) is 15.7. The number of hydrogen-bond acceptors (Lipinski definition) is 5. The monoisotopic (exact) mass is 376 g/mol. The average molecular weight is 377 g/mol. The van der Waals surface area contributed by atoms with E-state index in [1.807, 2.05) is 6.92 Å². The molecule has 0 atom stereocenters. The highest BCUT2D eigenvalue weighted by molar-refractivity contribution is 6.30. The van der Waals surface area contributed by atoms with Crippen LogP contribution in [0.5, 0.6) is 11.5 Å². The van der Waals surface area contributed by atoms with E-state index < -0.39 is 11.6 Å². The first-order valence-electron chi connectivity index (χ1n) is 8.19. The van der Waals surface area contributed by atoms with Gasteiger partial charge in [0.05, 0.1) is 0 Å². The zero-order valence-electron chi connectivity index (χ0n) is 15.0. The van der Waals surface area contributed by atoms with E-state index in [0.717, 1.165) is 0 Å². The third-order valence-electron chi connectivity index (χ3n) is 3.50. The second-order valence-corrected chi connectivity index (χ2v) is 6.48. The van der Waals surface area contributed by atoms with Crippen LogP contribution in [-0.4, -0.2) is 30.6 Å². The molecule has 0 saturated carbocycles. The minimum Gasteiger partial charge on any atom is -0.476 e. The van der Waals surface area contributed by atoms with Crippen molar-refractivity contribution in [2.45, 2.75) is 26.4 Å². The van der Waals surface area contributed by atoms with Crippen LogP contribution in [0.3, 0.4) is 0 Å². The number of ether oxygens (including phenoxy) is 3. The molecule has 0 radical (unpaired) electrons. The van der Waals surface area contributed by atoms with Crippen LogP contribution < -0.4 is 9.47 Å². The van der Waals surface area contributed by atoms with Gasteiger partial charge in [-0.05, 0) is 69.3 Å². The molecule has 0 bridgehead atoms. The first-order valence-corrected chi connectivity index (χ1v) is 8.57. The van der Waals surface area contributed by atoms with Crippen molar-refractivity contribution < 1.29 is 23.8 Å². The number of Topliss-reactive ketones (excluding diaryl/α,β-unsaturated/α-hetero) is 1. The lowest BCUT2D eigenvalue weighted by atomic mass is 10.1. The normalized spacial score (nSPS) is 11.1. The molecule has 0 aromatic heterocycles. The Morgan fingerprint density at radius 1 is 0.962 bits per heavy atom. The Balaban J connectivity index is 1.99. The molecule has 0 amide bonds. The van der Waals surface area contributed by atoms with Crippen molar-refractivity contribution in [1.29, 1.82) is 0 Å². The Morgan fingerprint density at radius 2 is 1.54 bits per heavy atom. The van der Waals surface area contributed by atoms with Crippen LogP contribution in [0.2, 0.25) is 5.02 Å². The summed E-state index contributed by atoms with van der Waals surface area (Å²) in [6.45, 7) is 5.55. The number of hydrogen-bond donors (Lipinski definition) is 0. The molecule has 0 aliphatic rings. The lowest BCUT2D eigenvalue weighted by molar-refractivity contribution is -0.149. The molecule has 26 heavy (non-hydrogen) atoms. The topological polar surface area (TPSA) is 61.8 Å². The molecule has 2 aromatic rings. The highest BCUT2D eigenvalue weighted by atomic mass is 35.5. The molecule has 0 fully saturated rings. The van der Waals surface area contributed by atoms with Crippen LogP contribution in [0.1, 0.15) is 31.1 Å². The van der Waals surface area contributed by atoms with E-state index in [-0.39, 0.29) is 12.4 Å². The molecule has 0 aliphatic heterocycles. The summed E-state index contributed by atoms with van der Waals surface area (Å²) in [5.74, 6) is 0.154. The SMILES string of the molecule is CCOCC(=O)c1ccc(OC(=O)C(C)(C)Oc2ccc(Cl)cc2)cc1. The molecule has 0 aliphatic carbocycles. The molecular weight excluding hydrogens is 356 g/mol. The molecule has 0 heterocycles. The van der Waals surface area contributed by atoms with Crippen molar-refractivity contribution in [3.63, 3.8) is 0 Å². The zero-order chi connectivity index (χ0) is 19.2. The van der Waals surface area contributed by atoms with E-state index in [1.54, 1.807) is 62.4 Å². The van der Waals surface area contributed by atoms with Gasteiger partial charge in [0, 0.05) is 17.2 Å². The van der Waals surface area contributed by atoms with E-state index in [2.05, 4.69) is 0 Å². The van der Waals surface area contributed by atoms with Crippen molar-refractivity contribution in [3.8, 4) is 11.5 Å². The Labute approximate surface area is 157 Å². The maximum Gasteiger partial charge on any atom is 0.355 e. The number of halogens is 1. The molecule has 0 N–H and O–H groups in total. The van der Waals surface area contributed by atoms with Crippen LogP contribution >= 0.6 is 11.6 Å². The van der Waals surface area contributed by atoms with Crippen LogP contribution in [0.25, 0.3) is 0 Å². The fourth-order valence-electron chi connectivity index (χ4n) is 2.06. The lowest BCUT2D eigenvalue weighted by Gasteiger charge is -2.24. The molecule has 5 nitrogen and oxygen atoms in total. The summed E-state index contributed by atoms with van der Waals surface area (Å²) in [4.78, 5) is 24.3. The largest absolute Gasteiger partial charge is 0.476 e. The fraction of sp³-hybridized carbons (Fsp3) is 0.300. The minimum absolute atomic E-state index is 0.0254. The van der Waals surface area contributed by atoms with Crippen molar-refractivity contribution in [1.82, 2.24) is 0 Å². The van der Waals surface area contributed by atoms with E-state index >= 15 is 0 Å². The molecule has 138 valence electrons. The van der Waals surface area contributed by atoms with Crippen molar-refractivity contribution >= 4 is 23.4 Å². The summed E-state index contributed by atoms with van der Waals surface area (Å²) < 4.78 is 16.1. The summed E-state index contributed by atoms with van der Waals surface area (Å²) >= 11 is 5.84. The van der Waals surface area contributed by atoms with Gasteiger partial charge < -0.3 is 14.2 Å². The van der Waals surface area contributed by atoms with Gasteiger partial charge in [-0.2, -0.15) is 0 Å². The second-order valence-electron chi connectivity index (χ2n) is 6.04. The minimum atomic E-state index is -1.20. The first-order chi connectivity index (χ1) is 12.3. The molecule has 2 rings (SSSR count). The van der Waals surface area contributed by atoms with Gasteiger partial charge in [0.15, 0.2) is 5.78 Å². The van der Waals surface area contributed by atoms with Crippen LogP contribution in [0.4, 0.5) is 0 Å². The summed E-state index contributed by atoms with van der Waals surface area (Å²) in [5, 5.41) is 0.580. The highest BCUT2D eigenvalue weighted by Gasteiger charge is 2.32. The molecule has 6 heteroatoms. The summed E-state index contributed by atoms with van der Waals surface area (Å²) in [6, 6.07) is 13.0. The van der Waals surface area contributed by atoms with Gasteiger partial charge in [-0.15, -0.1) is 0 Å². The predicted molar refractivity (Wildman–Crippen MR) is 99.1 cm³/mol. The van der Waals surface area contributed by atoms with Crippen molar-refractivity contribution in [3.05, 3.63) is 59.1 Å². The van der Waals surface area contributed by atoms with E-state index in [1.165, 1.54) is 0 Å². The first kappa shape index (κ1) is 19.9. The molecule has 0 unspecified atom stereocenters. The lowest BCUT2D eigenvalue weighted by Crippen LogP contribution is -2.41. The van der Waals surface area contributed by atoms with Gasteiger partial charge in [-0.1, -0.05) is 11.6 Å². The Kier molecular flexibility index (Phi) is 6.77. The van der Waals surface area contributed by atoms with Gasteiger partial charge in [-0.25, -0.2) is 4.79 Å². The van der Waals surface area contributed by atoms with Crippen LogP contribution in [-0.2, 0) is 9.53 Å². The average Bonchev–Trinajstić information content (AvgIpc) is 2.62. The van der Waals surface area contributed by atoms with E-state index in [9.17, 15) is 9.59 Å². The summed E-state index contributed by atoms with van der Waals surface area (Å²) in [6.07, 6.45) is 0. The third-order valence-corrected chi connectivity index (χ3v) is 3.75. The number of carbonyl (C=O) groups excluding carboxylic acids is 2. The maximum absolute atomic E-state index is 12.4. The van der Waals surface area contributed by atoms with Gasteiger partial charge >= 0.3 is 5.97 Å². The highest BCUT2D eigenvalue weighted by Crippen LogP contribution is 2.23. The molecule has 0 saturated heterocycles. The van der Waals surface area contributed by atoms with Crippen molar-refractivity contribution in [2.75, 3.05) is 13.2 Å². The van der Waals surface area contributed by atoms with Crippen LogP contribution in [0.15, 0.2) is 48.5 Å². The van der Waals surface area contributed by atoms with Crippen molar-refractivity contribution in [2.24, 2.45) is 0 Å². The number of ketones is 1. The number of esters is 1. The van der Waals surface area contributed by atoms with Gasteiger partial charge in [0.25, 0.3) is 0 Å². The smallest absolute Gasteiger partial charge is 0.355 e. The van der Waals surface area contributed by atoms with Gasteiger partial charge in [0.2, 0.25) is 5.60 Å². The fourth-order valence-corrected chi connectivity index (χ4v) is 2.18. The Hall–Kier alpha value is -2.37. The second kappa shape index (κ2) is 8.83. The molecule has 0 spiro atoms. The summed E-state index contributed by atoms with van der Waals surface area (Å²) in [5.41, 5.74) is -0.702. The van der Waals surface area contributed by atoms with Gasteiger partial charge in [-0.3, -0.25) is 4.79 Å². The predicted octanol–water partition coefficient (Wildman–Crippen LogP) is 4.32. The Bertz CT molecular complexity index is 751. The Morgan fingerprint density at radius 3 is 2.12 bits per heavy atom. The number of rotatable bonds is 8. The van der Waals surface area contributed by atoms with Crippen LogP contribution in [0, 0.1) is 0 Å². The van der Waals surface area contributed by atoms with E-state index in [0.29, 0.717) is 28.7 Å².